The average molecular weight is 277 g/mol. The minimum atomic E-state index is 0.289. The molecule has 20 heavy (non-hydrogen) atoms. The normalized spacial score (nSPS) is 22.9. The van der Waals surface area contributed by atoms with Crippen LogP contribution in [-0.4, -0.2) is 35.8 Å². The molecule has 1 aromatic heterocycles. The van der Waals surface area contributed by atoms with Crippen LogP contribution in [0.4, 0.5) is 11.6 Å². The summed E-state index contributed by atoms with van der Waals surface area (Å²) < 4.78 is 5.74. The Balaban J connectivity index is 1.92. The van der Waals surface area contributed by atoms with E-state index in [1.54, 1.807) is 0 Å². The van der Waals surface area contributed by atoms with Crippen molar-refractivity contribution in [3.8, 4) is 0 Å². The summed E-state index contributed by atoms with van der Waals surface area (Å²) >= 11 is 0. The molecule has 1 aliphatic carbocycles. The van der Waals surface area contributed by atoms with Crippen LogP contribution in [0.3, 0.4) is 0 Å². The van der Waals surface area contributed by atoms with Crippen molar-refractivity contribution in [3.05, 3.63) is 11.4 Å². The van der Waals surface area contributed by atoms with Crippen molar-refractivity contribution in [2.75, 3.05) is 30.0 Å². The monoisotopic (exact) mass is 277 g/mol. The first-order valence-corrected chi connectivity index (χ1v) is 7.44. The number of nitrogens with two attached hydrogens (primary N) is 1. The number of rotatable bonds is 4. The van der Waals surface area contributed by atoms with Gasteiger partial charge in [0.15, 0.2) is 0 Å². The number of hydrazine groups is 1. The highest BCUT2D eigenvalue weighted by Gasteiger charge is 2.30. The number of hydrogen-bond donors (Lipinski definition) is 2. The zero-order valence-electron chi connectivity index (χ0n) is 12.2. The van der Waals surface area contributed by atoms with Gasteiger partial charge in [0.2, 0.25) is 0 Å². The van der Waals surface area contributed by atoms with Crippen LogP contribution in [0.15, 0.2) is 0 Å². The number of anilines is 2. The third-order valence-electron chi connectivity index (χ3n) is 4.11. The number of nitrogen functional groups attached to an aromatic ring is 1. The lowest BCUT2D eigenvalue weighted by atomic mass is 10.2. The van der Waals surface area contributed by atoms with Crippen LogP contribution in [0.25, 0.3) is 0 Å². The van der Waals surface area contributed by atoms with E-state index in [4.69, 9.17) is 15.6 Å². The van der Waals surface area contributed by atoms with E-state index in [1.165, 1.54) is 12.8 Å². The van der Waals surface area contributed by atoms with Gasteiger partial charge in [-0.3, -0.25) is 0 Å². The lowest BCUT2D eigenvalue weighted by Gasteiger charge is -2.34. The minimum absolute atomic E-state index is 0.289. The van der Waals surface area contributed by atoms with E-state index in [2.05, 4.69) is 22.2 Å². The van der Waals surface area contributed by atoms with Gasteiger partial charge in [0.05, 0.1) is 12.7 Å². The zero-order valence-corrected chi connectivity index (χ0v) is 12.2. The molecule has 3 N–H and O–H groups in total. The summed E-state index contributed by atoms with van der Waals surface area (Å²) in [5.41, 5.74) is 3.74. The van der Waals surface area contributed by atoms with Crippen molar-refractivity contribution in [1.29, 1.82) is 0 Å². The van der Waals surface area contributed by atoms with Gasteiger partial charge in [-0.25, -0.2) is 15.8 Å². The lowest BCUT2D eigenvalue weighted by Crippen LogP contribution is -2.43. The van der Waals surface area contributed by atoms with Gasteiger partial charge in [-0.2, -0.15) is 0 Å². The van der Waals surface area contributed by atoms with Gasteiger partial charge in [-0.15, -0.1) is 0 Å². The van der Waals surface area contributed by atoms with Gasteiger partial charge in [0.1, 0.15) is 17.5 Å². The molecular formula is C14H23N5O. The summed E-state index contributed by atoms with van der Waals surface area (Å²) in [5, 5.41) is 0. The fourth-order valence-electron chi connectivity index (χ4n) is 2.65. The maximum Gasteiger partial charge on any atom is 0.148 e. The van der Waals surface area contributed by atoms with Crippen molar-refractivity contribution in [3.63, 3.8) is 0 Å². The second-order valence-corrected chi connectivity index (χ2v) is 5.64. The van der Waals surface area contributed by atoms with Crippen molar-refractivity contribution in [2.45, 2.75) is 45.1 Å². The van der Waals surface area contributed by atoms with Crippen LogP contribution < -0.4 is 16.2 Å². The van der Waals surface area contributed by atoms with Gasteiger partial charge < -0.3 is 15.1 Å². The Morgan fingerprint density at radius 3 is 2.85 bits per heavy atom. The summed E-state index contributed by atoms with van der Waals surface area (Å²) in [6.07, 6.45) is 3.69. The van der Waals surface area contributed by atoms with E-state index in [9.17, 15) is 0 Å². The van der Waals surface area contributed by atoms with Crippen molar-refractivity contribution in [1.82, 2.24) is 9.97 Å². The lowest BCUT2D eigenvalue weighted by molar-refractivity contribution is 0.0381. The Kier molecular flexibility index (Phi) is 3.76. The Labute approximate surface area is 119 Å². The summed E-state index contributed by atoms with van der Waals surface area (Å²) in [4.78, 5) is 11.6. The van der Waals surface area contributed by atoms with E-state index in [1.807, 2.05) is 6.92 Å². The van der Waals surface area contributed by atoms with E-state index in [0.29, 0.717) is 5.92 Å². The smallest absolute Gasteiger partial charge is 0.148 e. The molecule has 110 valence electrons. The number of ether oxygens (including phenoxy) is 1. The topological polar surface area (TPSA) is 76.3 Å². The van der Waals surface area contributed by atoms with Gasteiger partial charge in [0, 0.05) is 24.6 Å². The number of morpholine rings is 1. The Hall–Kier alpha value is -1.40. The number of nitrogens with zero attached hydrogens (tertiary/aromatic N) is 3. The Bertz CT molecular complexity index is 489. The molecule has 2 aliphatic rings. The van der Waals surface area contributed by atoms with Crippen molar-refractivity contribution >= 4 is 11.6 Å². The second-order valence-electron chi connectivity index (χ2n) is 5.64. The first-order valence-electron chi connectivity index (χ1n) is 7.44. The zero-order chi connectivity index (χ0) is 14.1. The molecule has 0 amide bonds. The van der Waals surface area contributed by atoms with Gasteiger partial charge in [0.25, 0.3) is 0 Å². The second kappa shape index (κ2) is 5.54. The predicted octanol–water partition coefficient (Wildman–Crippen LogP) is 1.56. The molecule has 6 heteroatoms. The highest BCUT2D eigenvalue weighted by molar-refractivity contribution is 5.58. The summed E-state index contributed by atoms with van der Waals surface area (Å²) in [5.74, 6) is 8.81. The molecule has 3 rings (SSSR count). The quantitative estimate of drug-likeness (QED) is 0.642. The molecular weight excluding hydrogens is 254 g/mol. The standard InChI is InChI=1S/C14H23N5O/c1-3-11-8-19(6-7-20-11)14-9(2)12(18-15)16-13(17-14)10-4-5-10/h10-11H,3-8,15H2,1-2H3,(H,16,17,18). The summed E-state index contributed by atoms with van der Waals surface area (Å²) in [6, 6.07) is 0. The number of hydrogen-bond acceptors (Lipinski definition) is 6. The fourth-order valence-corrected chi connectivity index (χ4v) is 2.65. The van der Waals surface area contributed by atoms with Crippen molar-refractivity contribution < 1.29 is 4.74 Å². The molecule has 6 nitrogen and oxygen atoms in total. The Morgan fingerprint density at radius 2 is 2.20 bits per heavy atom. The molecule has 1 unspecified atom stereocenters. The van der Waals surface area contributed by atoms with Crippen LogP contribution in [-0.2, 0) is 4.74 Å². The first kappa shape index (κ1) is 13.6. The average Bonchev–Trinajstić information content (AvgIpc) is 3.32. The molecule has 2 heterocycles. The van der Waals surface area contributed by atoms with E-state index < -0.39 is 0 Å². The molecule has 0 radical (unpaired) electrons. The van der Waals surface area contributed by atoms with Crippen LogP contribution in [0.1, 0.15) is 43.5 Å². The third kappa shape index (κ3) is 2.58. The molecule has 1 saturated heterocycles. The van der Waals surface area contributed by atoms with Crippen LogP contribution in [0, 0.1) is 6.92 Å². The molecule has 1 aliphatic heterocycles. The molecule has 2 fully saturated rings. The summed E-state index contributed by atoms with van der Waals surface area (Å²) in [6.45, 7) is 6.71. The predicted molar refractivity (Wildman–Crippen MR) is 78.8 cm³/mol. The van der Waals surface area contributed by atoms with Crippen LogP contribution in [0.5, 0.6) is 0 Å². The minimum Gasteiger partial charge on any atom is -0.375 e. The largest absolute Gasteiger partial charge is 0.375 e. The third-order valence-corrected chi connectivity index (χ3v) is 4.11. The maximum atomic E-state index is 5.74. The molecule has 1 saturated carbocycles. The van der Waals surface area contributed by atoms with Crippen molar-refractivity contribution in [2.24, 2.45) is 5.84 Å². The van der Waals surface area contributed by atoms with E-state index in [0.717, 1.165) is 49.1 Å². The first-order chi connectivity index (χ1) is 9.72. The highest BCUT2D eigenvalue weighted by Crippen LogP contribution is 2.40. The number of aromatic nitrogens is 2. The van der Waals surface area contributed by atoms with E-state index in [-0.39, 0.29) is 6.10 Å². The number of nitrogens with one attached hydrogen (secondary N) is 1. The van der Waals surface area contributed by atoms with Gasteiger partial charge in [-0.05, 0) is 26.2 Å². The molecule has 0 bridgehead atoms. The molecule has 1 aromatic rings. The SMILES string of the molecule is CCC1CN(c2nc(C3CC3)nc(NN)c2C)CCO1. The van der Waals surface area contributed by atoms with Crippen LogP contribution >= 0.6 is 0 Å². The van der Waals surface area contributed by atoms with Gasteiger partial charge in [-0.1, -0.05) is 6.92 Å². The van der Waals surface area contributed by atoms with E-state index >= 15 is 0 Å². The van der Waals surface area contributed by atoms with Gasteiger partial charge >= 0.3 is 0 Å². The summed E-state index contributed by atoms with van der Waals surface area (Å²) in [7, 11) is 0. The Morgan fingerprint density at radius 1 is 1.40 bits per heavy atom. The highest BCUT2D eigenvalue weighted by atomic mass is 16.5. The molecule has 0 spiro atoms. The maximum absolute atomic E-state index is 5.74. The molecule has 1 atom stereocenters. The molecule has 0 aromatic carbocycles. The van der Waals surface area contributed by atoms with Crippen LogP contribution in [0.2, 0.25) is 0 Å². The fraction of sp³-hybridized carbons (Fsp3) is 0.714.